The van der Waals surface area contributed by atoms with Crippen molar-refractivity contribution in [3.8, 4) is 0 Å². The van der Waals surface area contributed by atoms with Gasteiger partial charge in [-0.1, -0.05) is 84.2 Å². The predicted molar refractivity (Wildman–Crippen MR) is 158 cm³/mol. The standard InChI is InChI=1S/C36H54O2/c1-25(2)10-9-11-26(3)31-17-18-32-30-16-15-28-24-29(38-34(37)19-14-27-12-7-6-8-13-27)20-22-35(28,4)33(30)21-23-36(31,32)5/h6-8,12-14,19,25-26,28-33H,9-11,15-18,20-24H2,1-5H3/t26-,28?,29?,30?,31-,32?,33?,35+,36-/m1/s1. The molecule has 0 saturated heterocycles. The highest BCUT2D eigenvalue weighted by Crippen LogP contribution is 2.68. The first-order valence-corrected chi connectivity index (χ1v) is 16.1. The van der Waals surface area contributed by atoms with Crippen molar-refractivity contribution in [3.05, 3.63) is 42.0 Å². The van der Waals surface area contributed by atoms with E-state index >= 15 is 0 Å². The number of benzene rings is 1. The lowest BCUT2D eigenvalue weighted by atomic mass is 9.44. The van der Waals surface area contributed by atoms with Crippen LogP contribution in [-0.2, 0) is 9.53 Å². The molecule has 0 bridgehead atoms. The first-order valence-electron chi connectivity index (χ1n) is 16.1. The zero-order valence-corrected chi connectivity index (χ0v) is 25.0. The van der Waals surface area contributed by atoms with Crippen molar-refractivity contribution in [2.45, 2.75) is 118 Å². The second-order valence-corrected chi connectivity index (χ2v) is 14.8. The van der Waals surface area contributed by atoms with E-state index in [4.69, 9.17) is 4.74 Å². The summed E-state index contributed by atoms with van der Waals surface area (Å²) in [5.74, 6) is 5.94. The molecule has 0 spiro atoms. The Morgan fingerprint density at radius 1 is 0.921 bits per heavy atom. The van der Waals surface area contributed by atoms with Crippen molar-refractivity contribution in [1.82, 2.24) is 0 Å². The Hall–Kier alpha value is -1.57. The topological polar surface area (TPSA) is 26.3 Å². The number of esters is 1. The van der Waals surface area contributed by atoms with Gasteiger partial charge >= 0.3 is 5.97 Å². The van der Waals surface area contributed by atoms with E-state index in [9.17, 15) is 4.79 Å². The Labute approximate surface area is 233 Å². The van der Waals surface area contributed by atoms with Gasteiger partial charge in [0.25, 0.3) is 0 Å². The van der Waals surface area contributed by atoms with Crippen LogP contribution in [0.1, 0.15) is 117 Å². The third-order valence-electron chi connectivity index (χ3n) is 12.3. The van der Waals surface area contributed by atoms with Crippen LogP contribution in [0, 0.1) is 52.3 Å². The van der Waals surface area contributed by atoms with Gasteiger partial charge in [0.05, 0.1) is 0 Å². The Morgan fingerprint density at radius 2 is 1.66 bits per heavy atom. The summed E-state index contributed by atoms with van der Waals surface area (Å²) in [6.07, 6.45) is 19.7. The molecule has 0 amide bonds. The SMILES string of the molecule is CC(C)CCC[C@@H](C)[C@H]1CCC2C3CCC4CC(OC(=O)C=Cc5ccccc5)CC[C@]4(C)C3CC[C@@]21C. The fraction of sp³-hybridized carbons (Fsp3) is 0.750. The maximum atomic E-state index is 12.6. The maximum absolute atomic E-state index is 12.6. The van der Waals surface area contributed by atoms with Gasteiger partial charge in [0.1, 0.15) is 6.10 Å². The molecular formula is C36H54O2. The first-order chi connectivity index (χ1) is 18.2. The molecule has 0 radical (unpaired) electrons. The number of carbonyl (C=O) groups is 1. The summed E-state index contributed by atoms with van der Waals surface area (Å²) in [6.45, 7) is 12.7. The predicted octanol–water partition coefficient (Wildman–Crippen LogP) is 9.73. The average molecular weight is 519 g/mol. The monoisotopic (exact) mass is 518 g/mol. The van der Waals surface area contributed by atoms with E-state index in [-0.39, 0.29) is 12.1 Å². The van der Waals surface area contributed by atoms with Crippen molar-refractivity contribution in [1.29, 1.82) is 0 Å². The van der Waals surface area contributed by atoms with Gasteiger partial charge < -0.3 is 4.74 Å². The highest BCUT2D eigenvalue weighted by Gasteiger charge is 2.60. The molecule has 4 saturated carbocycles. The Balaban J connectivity index is 1.19. The van der Waals surface area contributed by atoms with E-state index in [1.165, 1.54) is 64.2 Å². The Morgan fingerprint density at radius 3 is 2.42 bits per heavy atom. The van der Waals surface area contributed by atoms with E-state index in [1.54, 1.807) is 6.08 Å². The molecule has 4 aliphatic carbocycles. The lowest BCUT2D eigenvalue weighted by Crippen LogP contribution is -2.54. The van der Waals surface area contributed by atoms with Crippen LogP contribution in [0.15, 0.2) is 36.4 Å². The van der Waals surface area contributed by atoms with Crippen LogP contribution in [-0.4, -0.2) is 12.1 Å². The van der Waals surface area contributed by atoms with E-state index in [1.807, 2.05) is 36.4 Å². The van der Waals surface area contributed by atoms with Gasteiger partial charge in [-0.3, -0.25) is 0 Å². The molecule has 5 rings (SSSR count). The maximum Gasteiger partial charge on any atom is 0.331 e. The second-order valence-electron chi connectivity index (χ2n) is 14.8. The summed E-state index contributed by atoms with van der Waals surface area (Å²) in [5, 5.41) is 0. The molecule has 2 nitrogen and oxygen atoms in total. The smallest absolute Gasteiger partial charge is 0.331 e. The van der Waals surface area contributed by atoms with E-state index < -0.39 is 0 Å². The highest BCUT2D eigenvalue weighted by molar-refractivity contribution is 5.87. The molecule has 4 fully saturated rings. The van der Waals surface area contributed by atoms with Crippen LogP contribution in [0.2, 0.25) is 0 Å². The lowest BCUT2D eigenvalue weighted by molar-refractivity contribution is -0.157. The fourth-order valence-electron chi connectivity index (χ4n) is 10.3. The Bertz CT molecular complexity index is 965. The normalized spacial score (nSPS) is 39.4. The molecule has 9 atom stereocenters. The minimum absolute atomic E-state index is 0.0916. The minimum Gasteiger partial charge on any atom is -0.459 e. The molecule has 1 aromatic rings. The van der Waals surface area contributed by atoms with Crippen molar-refractivity contribution >= 4 is 12.0 Å². The van der Waals surface area contributed by atoms with Crippen molar-refractivity contribution in [2.75, 3.05) is 0 Å². The number of hydrogen-bond acceptors (Lipinski definition) is 2. The molecule has 1 aromatic carbocycles. The van der Waals surface area contributed by atoms with Gasteiger partial charge in [0.2, 0.25) is 0 Å². The van der Waals surface area contributed by atoms with Gasteiger partial charge in [-0.15, -0.1) is 0 Å². The van der Waals surface area contributed by atoms with E-state index in [0.717, 1.165) is 53.9 Å². The zero-order valence-electron chi connectivity index (χ0n) is 25.0. The molecule has 38 heavy (non-hydrogen) atoms. The summed E-state index contributed by atoms with van der Waals surface area (Å²) in [5.41, 5.74) is 2.05. The van der Waals surface area contributed by atoms with E-state index in [0.29, 0.717) is 16.7 Å². The molecule has 0 aromatic heterocycles. The molecule has 0 heterocycles. The summed E-state index contributed by atoms with van der Waals surface area (Å²) >= 11 is 0. The summed E-state index contributed by atoms with van der Waals surface area (Å²) in [6, 6.07) is 10.0. The van der Waals surface area contributed by atoms with Gasteiger partial charge in [0.15, 0.2) is 0 Å². The van der Waals surface area contributed by atoms with Crippen molar-refractivity contribution in [2.24, 2.45) is 52.3 Å². The van der Waals surface area contributed by atoms with Crippen LogP contribution >= 0.6 is 0 Å². The molecule has 4 aliphatic rings. The average Bonchev–Trinajstić information content (AvgIpc) is 3.25. The van der Waals surface area contributed by atoms with Crippen molar-refractivity contribution in [3.63, 3.8) is 0 Å². The first kappa shape index (κ1) is 28.0. The van der Waals surface area contributed by atoms with Crippen molar-refractivity contribution < 1.29 is 9.53 Å². The quantitative estimate of drug-likeness (QED) is 0.253. The third-order valence-corrected chi connectivity index (χ3v) is 12.3. The van der Waals surface area contributed by atoms with E-state index in [2.05, 4.69) is 34.6 Å². The highest BCUT2D eigenvalue weighted by atomic mass is 16.5. The van der Waals surface area contributed by atoms with Crippen LogP contribution < -0.4 is 0 Å². The molecule has 0 N–H and O–H groups in total. The van der Waals surface area contributed by atoms with Crippen LogP contribution in [0.25, 0.3) is 6.08 Å². The van der Waals surface area contributed by atoms with Gasteiger partial charge in [-0.05, 0) is 122 Å². The molecular weight excluding hydrogens is 464 g/mol. The molecule has 0 aliphatic heterocycles. The van der Waals surface area contributed by atoms with Crippen LogP contribution in [0.3, 0.4) is 0 Å². The summed E-state index contributed by atoms with van der Waals surface area (Å²) in [7, 11) is 0. The summed E-state index contributed by atoms with van der Waals surface area (Å²) in [4.78, 5) is 12.6. The van der Waals surface area contributed by atoms with Gasteiger partial charge in [0, 0.05) is 6.08 Å². The second kappa shape index (κ2) is 11.5. The van der Waals surface area contributed by atoms with Crippen LogP contribution in [0.4, 0.5) is 0 Å². The molecule has 5 unspecified atom stereocenters. The summed E-state index contributed by atoms with van der Waals surface area (Å²) < 4.78 is 5.99. The largest absolute Gasteiger partial charge is 0.459 e. The zero-order chi connectivity index (χ0) is 26.9. The number of carbonyl (C=O) groups excluding carboxylic acids is 1. The van der Waals surface area contributed by atoms with Gasteiger partial charge in [-0.25, -0.2) is 4.79 Å². The Kier molecular flexibility index (Phi) is 8.47. The third kappa shape index (κ3) is 5.53. The number of fused-ring (bicyclic) bond motifs is 5. The number of ether oxygens (including phenoxy) is 1. The van der Waals surface area contributed by atoms with Gasteiger partial charge in [-0.2, -0.15) is 0 Å². The lowest BCUT2D eigenvalue weighted by Gasteiger charge is -2.61. The molecule has 210 valence electrons. The molecule has 2 heteroatoms. The number of rotatable bonds is 8. The fourth-order valence-corrected chi connectivity index (χ4v) is 10.3. The number of hydrogen-bond donors (Lipinski definition) is 0. The minimum atomic E-state index is -0.177. The van der Waals surface area contributed by atoms with Crippen LogP contribution in [0.5, 0.6) is 0 Å².